The van der Waals surface area contributed by atoms with Gasteiger partial charge in [-0.3, -0.25) is 9.40 Å². The maximum Gasteiger partial charge on any atom is 0.262 e. The van der Waals surface area contributed by atoms with Crippen LogP contribution in [0, 0.1) is 13.8 Å². The third-order valence-corrected chi connectivity index (χ3v) is 5.67. The van der Waals surface area contributed by atoms with Crippen LogP contribution in [-0.4, -0.2) is 34.4 Å². The van der Waals surface area contributed by atoms with Crippen LogP contribution in [0.25, 0.3) is 0 Å². The predicted molar refractivity (Wildman–Crippen MR) is 102 cm³/mol. The Kier molecular flexibility index (Phi) is 5.62. The average molecular weight is 389 g/mol. The lowest BCUT2D eigenvalue weighted by atomic mass is 10.2. The summed E-state index contributed by atoms with van der Waals surface area (Å²) in [5.41, 5.74) is 2.83. The second-order valence-electron chi connectivity index (χ2n) is 6.27. The highest BCUT2D eigenvalue weighted by molar-refractivity contribution is 7.92. The van der Waals surface area contributed by atoms with Gasteiger partial charge in [0.2, 0.25) is 0 Å². The summed E-state index contributed by atoms with van der Waals surface area (Å²) in [5, 5.41) is 4.23. The molecule has 8 nitrogen and oxygen atoms in total. The van der Waals surface area contributed by atoms with E-state index in [-0.39, 0.29) is 4.90 Å². The predicted octanol–water partition coefficient (Wildman–Crippen LogP) is 2.25. The number of rotatable bonds is 8. The minimum Gasteiger partial charge on any atom is -0.375 e. The molecule has 0 saturated carbocycles. The van der Waals surface area contributed by atoms with Crippen molar-refractivity contribution in [3.8, 4) is 0 Å². The van der Waals surface area contributed by atoms with Crippen molar-refractivity contribution in [2.24, 2.45) is 7.05 Å². The van der Waals surface area contributed by atoms with Crippen molar-refractivity contribution in [2.45, 2.75) is 31.9 Å². The first-order chi connectivity index (χ1) is 12.9. The summed E-state index contributed by atoms with van der Waals surface area (Å²) >= 11 is 0. The summed E-state index contributed by atoms with van der Waals surface area (Å²) < 4.78 is 37.1. The highest BCUT2D eigenvalue weighted by atomic mass is 32.2. The van der Waals surface area contributed by atoms with Crippen LogP contribution >= 0.6 is 0 Å². The largest absolute Gasteiger partial charge is 0.375 e. The molecule has 0 amide bonds. The molecule has 0 aliphatic carbocycles. The van der Waals surface area contributed by atoms with Crippen molar-refractivity contribution in [1.29, 1.82) is 0 Å². The number of hydrogen-bond acceptors (Lipinski definition) is 5. The van der Waals surface area contributed by atoms with Gasteiger partial charge in [0.15, 0.2) is 0 Å². The summed E-state index contributed by atoms with van der Waals surface area (Å²) in [6, 6.07) is 6.68. The molecule has 1 N–H and O–H groups in total. The number of aryl methyl sites for hydroxylation is 2. The Bertz CT molecular complexity index is 993. The lowest BCUT2D eigenvalue weighted by Gasteiger charge is -2.10. The molecule has 0 radical (unpaired) electrons. The van der Waals surface area contributed by atoms with Gasteiger partial charge in [-0.1, -0.05) is 12.1 Å². The minimum atomic E-state index is -3.67. The van der Waals surface area contributed by atoms with Crippen molar-refractivity contribution < 1.29 is 13.2 Å². The number of sulfonamides is 1. The molecule has 9 heteroatoms. The molecule has 0 atom stereocenters. The quantitative estimate of drug-likeness (QED) is 0.597. The van der Waals surface area contributed by atoms with E-state index in [1.54, 1.807) is 55.4 Å². The van der Waals surface area contributed by atoms with Crippen LogP contribution in [-0.2, 0) is 35.0 Å². The number of aromatic nitrogens is 4. The van der Waals surface area contributed by atoms with Crippen LogP contribution < -0.4 is 4.72 Å². The molecule has 0 fully saturated rings. The van der Waals surface area contributed by atoms with Gasteiger partial charge in [-0.05, 0) is 31.5 Å². The second kappa shape index (κ2) is 7.93. The molecule has 3 aromatic rings. The Morgan fingerprint density at radius 1 is 1.19 bits per heavy atom. The molecule has 2 heterocycles. The van der Waals surface area contributed by atoms with Crippen molar-refractivity contribution in [3.63, 3.8) is 0 Å². The Morgan fingerprint density at radius 3 is 2.52 bits per heavy atom. The second-order valence-corrected chi connectivity index (χ2v) is 7.95. The van der Waals surface area contributed by atoms with Crippen LogP contribution in [0.4, 0.5) is 5.69 Å². The molecule has 0 aliphatic rings. The van der Waals surface area contributed by atoms with Crippen LogP contribution in [0.3, 0.4) is 0 Å². The zero-order chi connectivity index (χ0) is 19.4. The fourth-order valence-corrected chi connectivity index (χ4v) is 3.83. The topological polar surface area (TPSA) is 91.0 Å². The van der Waals surface area contributed by atoms with Gasteiger partial charge >= 0.3 is 0 Å². The van der Waals surface area contributed by atoms with E-state index in [9.17, 15) is 8.42 Å². The van der Waals surface area contributed by atoms with Gasteiger partial charge in [0.25, 0.3) is 10.0 Å². The Balaban J connectivity index is 1.60. The molecule has 0 saturated heterocycles. The van der Waals surface area contributed by atoms with Crippen LogP contribution in [0.15, 0.2) is 47.9 Å². The molecule has 0 unspecified atom stereocenters. The minimum absolute atomic E-state index is 0.201. The monoisotopic (exact) mass is 389 g/mol. The zero-order valence-electron chi connectivity index (χ0n) is 15.6. The first kappa shape index (κ1) is 19.1. The van der Waals surface area contributed by atoms with Gasteiger partial charge in [-0.2, -0.15) is 5.10 Å². The van der Waals surface area contributed by atoms with Crippen LogP contribution in [0.5, 0.6) is 0 Å². The number of hydrogen-bond donors (Lipinski definition) is 1. The molecular formula is C18H23N5O3S. The maximum absolute atomic E-state index is 12.6. The molecule has 144 valence electrons. The number of benzene rings is 1. The molecule has 0 aliphatic heterocycles. The van der Waals surface area contributed by atoms with Gasteiger partial charge in [-0.15, -0.1) is 0 Å². The summed E-state index contributed by atoms with van der Waals surface area (Å²) in [4.78, 5) is 4.17. The molecule has 27 heavy (non-hydrogen) atoms. The summed E-state index contributed by atoms with van der Waals surface area (Å²) in [5.74, 6) is 0. The Morgan fingerprint density at radius 2 is 1.93 bits per heavy atom. The number of nitrogens with one attached hydrogen (secondary N) is 1. The van der Waals surface area contributed by atoms with Crippen molar-refractivity contribution in [2.75, 3.05) is 11.3 Å². The molecule has 2 aromatic heterocycles. The maximum atomic E-state index is 12.6. The van der Waals surface area contributed by atoms with Gasteiger partial charge in [0.1, 0.15) is 0 Å². The van der Waals surface area contributed by atoms with E-state index in [1.165, 1.54) is 0 Å². The molecule has 0 spiro atoms. The van der Waals surface area contributed by atoms with E-state index in [0.717, 1.165) is 17.8 Å². The van der Waals surface area contributed by atoms with E-state index in [0.29, 0.717) is 24.6 Å². The van der Waals surface area contributed by atoms with Gasteiger partial charge in [0.05, 0.1) is 41.5 Å². The van der Waals surface area contributed by atoms with Crippen molar-refractivity contribution in [1.82, 2.24) is 19.3 Å². The van der Waals surface area contributed by atoms with Crippen molar-refractivity contribution in [3.05, 3.63) is 59.9 Å². The highest BCUT2D eigenvalue weighted by Crippen LogP contribution is 2.23. The SMILES string of the molecule is Cc1nn(C)c(C)c1NS(=O)(=O)c1ccc(COCCn2ccnc2)cc1. The normalized spacial score (nSPS) is 11.7. The molecule has 1 aromatic carbocycles. The zero-order valence-corrected chi connectivity index (χ0v) is 16.4. The average Bonchev–Trinajstić information content (AvgIpc) is 3.23. The number of nitrogens with zero attached hydrogens (tertiary/aromatic N) is 4. The fraction of sp³-hybridized carbons (Fsp3) is 0.333. The number of imidazole rings is 1. The summed E-state index contributed by atoms with van der Waals surface area (Å²) in [6.07, 6.45) is 5.34. The first-order valence-corrected chi connectivity index (χ1v) is 10.0. The lowest BCUT2D eigenvalue weighted by Crippen LogP contribution is -2.14. The number of anilines is 1. The van der Waals surface area contributed by atoms with Gasteiger partial charge in [-0.25, -0.2) is 13.4 Å². The Hall–Kier alpha value is -2.65. The molecule has 3 rings (SSSR count). The Labute approximate surface area is 158 Å². The summed E-state index contributed by atoms with van der Waals surface area (Å²) in [7, 11) is -1.89. The number of ether oxygens (including phenoxy) is 1. The fourth-order valence-electron chi connectivity index (χ4n) is 2.66. The van der Waals surface area contributed by atoms with E-state index in [4.69, 9.17) is 4.74 Å². The van der Waals surface area contributed by atoms with Crippen molar-refractivity contribution >= 4 is 15.7 Å². The van der Waals surface area contributed by atoms with E-state index >= 15 is 0 Å². The highest BCUT2D eigenvalue weighted by Gasteiger charge is 2.19. The van der Waals surface area contributed by atoms with Crippen LogP contribution in [0.1, 0.15) is 17.0 Å². The molecular weight excluding hydrogens is 366 g/mol. The van der Waals surface area contributed by atoms with Crippen LogP contribution in [0.2, 0.25) is 0 Å². The van der Waals surface area contributed by atoms with Gasteiger partial charge in [0, 0.05) is 26.0 Å². The third-order valence-electron chi connectivity index (χ3n) is 4.30. The smallest absolute Gasteiger partial charge is 0.262 e. The standard InChI is InChI=1S/C18H23N5O3S/c1-14-18(15(2)22(3)20-14)21-27(24,25)17-6-4-16(5-7-17)12-26-11-10-23-9-8-19-13-23/h4-9,13,21H,10-12H2,1-3H3. The molecule has 0 bridgehead atoms. The first-order valence-electron chi connectivity index (χ1n) is 8.52. The lowest BCUT2D eigenvalue weighted by molar-refractivity contribution is 0.113. The summed E-state index contributed by atoms with van der Waals surface area (Å²) in [6.45, 7) is 5.29. The van der Waals surface area contributed by atoms with E-state index in [2.05, 4.69) is 14.8 Å². The van der Waals surface area contributed by atoms with Gasteiger partial charge < -0.3 is 9.30 Å². The van der Waals surface area contributed by atoms with E-state index in [1.807, 2.05) is 17.7 Å². The van der Waals surface area contributed by atoms with E-state index < -0.39 is 10.0 Å². The third kappa shape index (κ3) is 4.55.